The molecule has 0 aliphatic heterocycles. The van der Waals surface area contributed by atoms with Gasteiger partial charge in [0.2, 0.25) is 0 Å². The van der Waals surface area contributed by atoms with Gasteiger partial charge in [-0.05, 0) is 48.9 Å². The minimum atomic E-state index is 0.881. The van der Waals surface area contributed by atoms with E-state index in [1.807, 2.05) is 0 Å². The minimum absolute atomic E-state index is 0.881. The van der Waals surface area contributed by atoms with Gasteiger partial charge in [-0.3, -0.25) is 0 Å². The second-order valence-corrected chi connectivity index (χ2v) is 5.87. The Kier molecular flexibility index (Phi) is 3.82. The van der Waals surface area contributed by atoms with Gasteiger partial charge in [0.1, 0.15) is 0 Å². The first-order valence-electron chi connectivity index (χ1n) is 6.00. The summed E-state index contributed by atoms with van der Waals surface area (Å²) in [6.45, 7) is 11.8. The van der Waals surface area contributed by atoms with Gasteiger partial charge in [-0.1, -0.05) is 34.6 Å². The van der Waals surface area contributed by atoms with Crippen LogP contribution in [-0.4, -0.2) is 0 Å². The van der Waals surface area contributed by atoms with Crippen molar-refractivity contribution < 1.29 is 0 Å². The Morgan fingerprint density at radius 2 is 1.69 bits per heavy atom. The fourth-order valence-corrected chi connectivity index (χ4v) is 2.78. The zero-order valence-electron chi connectivity index (χ0n) is 10.0. The number of rotatable bonds is 5. The molecule has 1 rings (SSSR count). The van der Waals surface area contributed by atoms with Crippen molar-refractivity contribution in [3.05, 3.63) is 0 Å². The Balaban J connectivity index is 2.13. The maximum atomic E-state index is 2.43. The van der Waals surface area contributed by atoms with Crippen LogP contribution in [0.25, 0.3) is 0 Å². The fraction of sp³-hybridized carbons (Fsp3) is 1.00. The number of hydrogen-bond acceptors (Lipinski definition) is 0. The zero-order valence-corrected chi connectivity index (χ0v) is 10.0. The maximum absolute atomic E-state index is 2.43. The molecule has 0 nitrogen and oxygen atoms in total. The van der Waals surface area contributed by atoms with Gasteiger partial charge in [-0.2, -0.15) is 0 Å². The molecule has 0 N–H and O–H groups in total. The van der Waals surface area contributed by atoms with Crippen LogP contribution in [0, 0.1) is 29.6 Å². The molecule has 0 aromatic carbocycles. The molecule has 0 bridgehead atoms. The molecule has 0 amide bonds. The lowest BCUT2D eigenvalue weighted by atomic mass is 9.92. The van der Waals surface area contributed by atoms with Gasteiger partial charge in [0.25, 0.3) is 0 Å². The standard InChI is InChI=1S/C13H26/c1-9(2)6-11(5)7-12-8-13(12)10(3)4/h9-13H,6-8H2,1-5H3. The molecule has 0 radical (unpaired) electrons. The molecule has 0 saturated heterocycles. The monoisotopic (exact) mass is 182 g/mol. The lowest BCUT2D eigenvalue weighted by Gasteiger charge is -2.13. The minimum Gasteiger partial charge on any atom is -0.0628 e. The van der Waals surface area contributed by atoms with Crippen molar-refractivity contribution in [2.75, 3.05) is 0 Å². The van der Waals surface area contributed by atoms with E-state index in [2.05, 4.69) is 34.6 Å². The molecule has 1 saturated carbocycles. The van der Waals surface area contributed by atoms with Gasteiger partial charge < -0.3 is 0 Å². The quantitative estimate of drug-likeness (QED) is 0.593. The van der Waals surface area contributed by atoms with Crippen LogP contribution >= 0.6 is 0 Å². The highest BCUT2D eigenvalue weighted by Crippen LogP contribution is 2.48. The van der Waals surface area contributed by atoms with Crippen molar-refractivity contribution in [1.29, 1.82) is 0 Å². The van der Waals surface area contributed by atoms with Gasteiger partial charge in [-0.25, -0.2) is 0 Å². The summed E-state index contributed by atoms with van der Waals surface area (Å²) in [6.07, 6.45) is 4.42. The Labute approximate surface area is 84.1 Å². The van der Waals surface area contributed by atoms with Crippen LogP contribution < -0.4 is 0 Å². The van der Waals surface area contributed by atoms with Crippen molar-refractivity contribution in [2.45, 2.75) is 53.9 Å². The average molecular weight is 182 g/mol. The molecule has 0 aromatic rings. The molecule has 0 heterocycles. The SMILES string of the molecule is CC(C)CC(C)CC1CC1C(C)C. The lowest BCUT2D eigenvalue weighted by Crippen LogP contribution is -2.03. The van der Waals surface area contributed by atoms with E-state index in [-0.39, 0.29) is 0 Å². The lowest BCUT2D eigenvalue weighted by molar-refractivity contribution is 0.376. The van der Waals surface area contributed by atoms with E-state index in [1.165, 1.54) is 19.3 Å². The predicted octanol–water partition coefficient (Wildman–Crippen LogP) is 4.35. The normalized spacial score (nSPS) is 29.8. The number of hydrogen-bond donors (Lipinski definition) is 0. The summed E-state index contributed by atoms with van der Waals surface area (Å²) in [5.41, 5.74) is 0. The Bertz CT molecular complexity index is 146. The second-order valence-electron chi connectivity index (χ2n) is 5.87. The van der Waals surface area contributed by atoms with Crippen molar-refractivity contribution in [3.8, 4) is 0 Å². The molecule has 78 valence electrons. The Hall–Kier alpha value is 0. The topological polar surface area (TPSA) is 0 Å². The van der Waals surface area contributed by atoms with E-state index in [9.17, 15) is 0 Å². The Morgan fingerprint density at radius 3 is 2.08 bits per heavy atom. The zero-order chi connectivity index (χ0) is 10.0. The van der Waals surface area contributed by atoms with Crippen molar-refractivity contribution in [1.82, 2.24) is 0 Å². The predicted molar refractivity (Wildman–Crippen MR) is 59.7 cm³/mol. The maximum Gasteiger partial charge on any atom is -0.0360 e. The second kappa shape index (κ2) is 4.48. The van der Waals surface area contributed by atoms with Crippen LogP contribution in [0.3, 0.4) is 0 Å². The smallest absolute Gasteiger partial charge is 0.0360 e. The van der Waals surface area contributed by atoms with E-state index in [0.29, 0.717) is 0 Å². The highest BCUT2D eigenvalue weighted by Gasteiger charge is 2.39. The Morgan fingerprint density at radius 1 is 1.08 bits per heavy atom. The molecule has 1 fully saturated rings. The van der Waals surface area contributed by atoms with Crippen LogP contribution in [0.1, 0.15) is 53.9 Å². The molecule has 3 unspecified atom stereocenters. The molecule has 1 aliphatic carbocycles. The van der Waals surface area contributed by atoms with E-state index in [1.54, 1.807) is 0 Å². The van der Waals surface area contributed by atoms with E-state index in [0.717, 1.165) is 29.6 Å². The average Bonchev–Trinajstić information content (AvgIpc) is 2.64. The van der Waals surface area contributed by atoms with E-state index >= 15 is 0 Å². The van der Waals surface area contributed by atoms with Gasteiger partial charge >= 0.3 is 0 Å². The molecular weight excluding hydrogens is 156 g/mol. The highest BCUT2D eigenvalue weighted by molar-refractivity contribution is 4.89. The van der Waals surface area contributed by atoms with Crippen molar-refractivity contribution in [3.63, 3.8) is 0 Å². The molecule has 0 aromatic heterocycles. The summed E-state index contributed by atoms with van der Waals surface area (Å²) in [6, 6.07) is 0. The van der Waals surface area contributed by atoms with Crippen LogP contribution in [0.2, 0.25) is 0 Å². The van der Waals surface area contributed by atoms with Crippen LogP contribution in [0.5, 0.6) is 0 Å². The first kappa shape index (κ1) is 11.1. The summed E-state index contributed by atoms with van der Waals surface area (Å²) in [4.78, 5) is 0. The molecule has 13 heavy (non-hydrogen) atoms. The largest absolute Gasteiger partial charge is 0.0628 e. The van der Waals surface area contributed by atoms with Gasteiger partial charge in [0.15, 0.2) is 0 Å². The first-order valence-corrected chi connectivity index (χ1v) is 6.00. The summed E-state index contributed by atoms with van der Waals surface area (Å²) < 4.78 is 0. The van der Waals surface area contributed by atoms with Gasteiger partial charge in [-0.15, -0.1) is 0 Å². The molecule has 1 aliphatic rings. The summed E-state index contributed by atoms with van der Waals surface area (Å²) in [5.74, 6) is 4.90. The van der Waals surface area contributed by atoms with Crippen LogP contribution in [-0.2, 0) is 0 Å². The fourth-order valence-electron chi connectivity index (χ4n) is 2.78. The summed E-state index contributed by atoms with van der Waals surface area (Å²) in [5, 5.41) is 0. The van der Waals surface area contributed by atoms with E-state index in [4.69, 9.17) is 0 Å². The van der Waals surface area contributed by atoms with Gasteiger partial charge in [0, 0.05) is 0 Å². The van der Waals surface area contributed by atoms with Crippen molar-refractivity contribution in [2.24, 2.45) is 29.6 Å². The van der Waals surface area contributed by atoms with Crippen LogP contribution in [0.15, 0.2) is 0 Å². The van der Waals surface area contributed by atoms with E-state index < -0.39 is 0 Å². The van der Waals surface area contributed by atoms with Crippen LogP contribution in [0.4, 0.5) is 0 Å². The molecule has 0 spiro atoms. The molecular formula is C13H26. The van der Waals surface area contributed by atoms with Gasteiger partial charge in [0.05, 0.1) is 0 Å². The highest BCUT2D eigenvalue weighted by atomic mass is 14.4. The molecule has 3 atom stereocenters. The summed E-state index contributed by atoms with van der Waals surface area (Å²) >= 11 is 0. The third kappa shape index (κ3) is 3.70. The third-order valence-corrected chi connectivity index (χ3v) is 3.41. The van der Waals surface area contributed by atoms with Crippen molar-refractivity contribution >= 4 is 0 Å². The first-order chi connectivity index (χ1) is 6.00. The molecule has 0 heteroatoms. The summed E-state index contributed by atoms with van der Waals surface area (Å²) in [7, 11) is 0. The third-order valence-electron chi connectivity index (χ3n) is 3.41.